The van der Waals surface area contributed by atoms with Crippen LogP contribution in [0.4, 0.5) is 4.79 Å². The van der Waals surface area contributed by atoms with Gasteiger partial charge in [0.05, 0.1) is 19.6 Å². The number of amides is 2. The summed E-state index contributed by atoms with van der Waals surface area (Å²) in [5.74, 6) is 0.414. The average molecular weight is 527 g/mol. The molecule has 0 aromatic rings. The van der Waals surface area contributed by atoms with Crippen molar-refractivity contribution in [1.82, 2.24) is 15.1 Å². The summed E-state index contributed by atoms with van der Waals surface area (Å²) < 4.78 is 11.8. The van der Waals surface area contributed by atoms with Gasteiger partial charge in [-0.3, -0.25) is 4.79 Å². The first-order valence-electron chi connectivity index (χ1n) is 13.3. The summed E-state index contributed by atoms with van der Waals surface area (Å²) in [7, 11) is 0. The van der Waals surface area contributed by atoms with Gasteiger partial charge in [-0.1, -0.05) is 0 Å². The number of nitrogens with zero attached hydrogens (tertiary/aromatic N) is 3. The number of rotatable bonds is 5. The Balaban J connectivity index is 0.00000153. The number of piperidine rings is 1. The first-order chi connectivity index (χ1) is 17.2. The number of piperazine rings is 1. The molecule has 212 valence electrons. The van der Waals surface area contributed by atoms with Gasteiger partial charge >= 0.3 is 12.1 Å². The SMILES string of the molecule is CC(C)(C)OC(=O)C[N+]1(CC2CN(C(=O)OC(C)(C)C)C2)CCC(C(=O)N2CCNCC2)CC1.O=C[O-]. The Morgan fingerprint density at radius 1 is 0.946 bits per heavy atom. The van der Waals surface area contributed by atoms with E-state index in [4.69, 9.17) is 19.4 Å². The van der Waals surface area contributed by atoms with Crippen LogP contribution in [-0.2, 0) is 23.9 Å². The second-order valence-electron chi connectivity index (χ2n) is 12.4. The lowest BCUT2D eigenvalue weighted by Gasteiger charge is -2.48. The highest BCUT2D eigenvalue weighted by molar-refractivity contribution is 5.79. The van der Waals surface area contributed by atoms with E-state index in [9.17, 15) is 14.4 Å². The van der Waals surface area contributed by atoms with E-state index in [-0.39, 0.29) is 23.9 Å². The number of nitrogens with one attached hydrogen (secondary N) is 1. The van der Waals surface area contributed by atoms with Gasteiger partial charge in [0, 0.05) is 70.4 Å². The van der Waals surface area contributed by atoms with Gasteiger partial charge in [-0.15, -0.1) is 0 Å². The van der Waals surface area contributed by atoms with Gasteiger partial charge in [-0.2, -0.15) is 0 Å². The highest BCUT2D eigenvalue weighted by Crippen LogP contribution is 2.30. The summed E-state index contributed by atoms with van der Waals surface area (Å²) in [6.07, 6.45) is 1.30. The van der Waals surface area contributed by atoms with Gasteiger partial charge in [0.2, 0.25) is 5.91 Å². The van der Waals surface area contributed by atoms with Crippen molar-refractivity contribution in [3.63, 3.8) is 0 Å². The zero-order valence-corrected chi connectivity index (χ0v) is 23.4. The molecule has 0 atom stereocenters. The summed E-state index contributed by atoms with van der Waals surface area (Å²) in [4.78, 5) is 50.2. The molecule has 0 radical (unpaired) electrons. The first-order valence-corrected chi connectivity index (χ1v) is 13.3. The van der Waals surface area contributed by atoms with Crippen molar-refractivity contribution in [3.8, 4) is 0 Å². The highest BCUT2D eigenvalue weighted by Gasteiger charge is 2.45. The summed E-state index contributed by atoms with van der Waals surface area (Å²) in [5, 5.41) is 11.5. The number of ether oxygens (including phenoxy) is 2. The van der Waals surface area contributed by atoms with E-state index >= 15 is 0 Å². The molecule has 0 spiro atoms. The summed E-state index contributed by atoms with van der Waals surface area (Å²) in [6.45, 7) is 18.0. The molecule has 3 fully saturated rings. The molecule has 3 rings (SSSR count). The monoisotopic (exact) mass is 526 g/mol. The summed E-state index contributed by atoms with van der Waals surface area (Å²) in [6, 6.07) is 0. The minimum Gasteiger partial charge on any atom is -0.554 e. The van der Waals surface area contributed by atoms with Gasteiger partial charge in [-0.25, -0.2) is 9.59 Å². The minimum atomic E-state index is -0.526. The quantitative estimate of drug-likeness (QED) is 0.306. The van der Waals surface area contributed by atoms with E-state index in [1.165, 1.54) is 0 Å². The number of hydrogen-bond acceptors (Lipinski definition) is 8. The highest BCUT2D eigenvalue weighted by atomic mass is 16.6. The molecule has 2 amide bonds. The Bertz CT molecular complexity index is 786. The molecule has 11 nitrogen and oxygen atoms in total. The Morgan fingerprint density at radius 2 is 1.46 bits per heavy atom. The van der Waals surface area contributed by atoms with E-state index in [2.05, 4.69) is 5.32 Å². The topological polar surface area (TPSA) is 128 Å². The molecule has 3 saturated heterocycles. The Labute approximate surface area is 221 Å². The van der Waals surface area contributed by atoms with Crippen molar-refractivity contribution < 1.29 is 38.2 Å². The van der Waals surface area contributed by atoms with Gasteiger partial charge in [0.25, 0.3) is 0 Å². The minimum absolute atomic E-state index is 0.0302. The molecule has 1 N–H and O–H groups in total. The number of carbonyl (C=O) groups excluding carboxylic acids is 4. The number of carboxylic acid groups (broad SMARTS) is 1. The molecule has 0 aromatic heterocycles. The predicted molar refractivity (Wildman–Crippen MR) is 135 cm³/mol. The van der Waals surface area contributed by atoms with Gasteiger partial charge < -0.3 is 39.0 Å². The molecule has 3 aliphatic rings. The number of carbonyl (C=O) groups is 4. The van der Waals surface area contributed by atoms with Gasteiger partial charge in [0.15, 0.2) is 6.54 Å². The molecule has 0 aromatic carbocycles. The largest absolute Gasteiger partial charge is 0.554 e. The van der Waals surface area contributed by atoms with E-state index in [0.717, 1.165) is 58.7 Å². The fraction of sp³-hybridized carbons (Fsp3) is 0.846. The van der Waals surface area contributed by atoms with Crippen LogP contribution in [0.3, 0.4) is 0 Å². The average Bonchev–Trinajstić information content (AvgIpc) is 2.74. The molecule has 0 unspecified atom stereocenters. The Hall–Kier alpha value is -2.40. The Morgan fingerprint density at radius 3 is 1.95 bits per heavy atom. The van der Waals surface area contributed by atoms with Crippen molar-refractivity contribution in [3.05, 3.63) is 0 Å². The van der Waals surface area contributed by atoms with Gasteiger partial charge in [-0.05, 0) is 41.5 Å². The normalized spacial score (nSPS) is 24.8. The predicted octanol–water partition coefficient (Wildman–Crippen LogP) is 0.220. The molecule has 3 heterocycles. The molecule has 3 aliphatic heterocycles. The van der Waals surface area contributed by atoms with E-state index in [1.54, 1.807) is 4.90 Å². The first kappa shape index (κ1) is 30.8. The molecule has 37 heavy (non-hydrogen) atoms. The number of likely N-dealkylation sites (tertiary alicyclic amines) is 2. The molecule has 0 bridgehead atoms. The van der Waals surface area contributed by atoms with Crippen molar-refractivity contribution in [2.45, 2.75) is 65.6 Å². The van der Waals surface area contributed by atoms with E-state index < -0.39 is 17.7 Å². The number of hydrogen-bond donors (Lipinski definition) is 1. The van der Waals surface area contributed by atoms with Crippen LogP contribution < -0.4 is 10.4 Å². The van der Waals surface area contributed by atoms with Crippen LogP contribution in [0.1, 0.15) is 54.4 Å². The van der Waals surface area contributed by atoms with E-state index in [0.29, 0.717) is 30.0 Å². The zero-order chi connectivity index (χ0) is 27.9. The van der Waals surface area contributed by atoms with Crippen LogP contribution in [0.5, 0.6) is 0 Å². The second kappa shape index (κ2) is 12.9. The van der Waals surface area contributed by atoms with Crippen LogP contribution in [0.25, 0.3) is 0 Å². The fourth-order valence-electron chi connectivity index (χ4n) is 5.27. The van der Waals surface area contributed by atoms with Gasteiger partial charge in [0.1, 0.15) is 11.2 Å². The molecule has 11 heteroatoms. The standard InChI is InChI=1S/C25H45N4O5.CH2O2/c1-24(2,3)33-21(30)18-29(17-19-15-28(16-19)23(32)34-25(4,5)6)13-7-20(8-14-29)22(31)27-11-9-26-10-12-27;2-1-3/h19-20,26H,7-18H2,1-6H3;1H,(H,2,3)/q+1;/p-1. The maximum absolute atomic E-state index is 13.0. The lowest BCUT2D eigenvalue weighted by molar-refractivity contribution is -0.930. The van der Waals surface area contributed by atoms with Crippen molar-refractivity contribution in [2.75, 3.05) is 65.4 Å². The smallest absolute Gasteiger partial charge is 0.410 e. The lowest BCUT2D eigenvalue weighted by atomic mass is 9.90. The third kappa shape index (κ3) is 10.1. The third-order valence-corrected chi connectivity index (χ3v) is 6.82. The Kier molecular flexibility index (Phi) is 10.8. The van der Waals surface area contributed by atoms with Crippen LogP contribution in [0.2, 0.25) is 0 Å². The molecule has 0 saturated carbocycles. The number of quaternary nitrogens is 1. The zero-order valence-electron chi connectivity index (χ0n) is 23.4. The molecule has 0 aliphatic carbocycles. The maximum atomic E-state index is 13.0. The molecular weight excluding hydrogens is 480 g/mol. The third-order valence-electron chi connectivity index (χ3n) is 6.82. The maximum Gasteiger partial charge on any atom is 0.410 e. The summed E-state index contributed by atoms with van der Waals surface area (Å²) in [5.41, 5.74) is -1.03. The van der Waals surface area contributed by atoms with Crippen molar-refractivity contribution in [2.24, 2.45) is 11.8 Å². The van der Waals surface area contributed by atoms with Crippen LogP contribution in [-0.4, -0.2) is 115 Å². The number of esters is 1. The molecular formula is C26H46N4O7. The van der Waals surface area contributed by atoms with Crippen molar-refractivity contribution in [1.29, 1.82) is 0 Å². The van der Waals surface area contributed by atoms with Crippen molar-refractivity contribution >= 4 is 24.4 Å². The fourth-order valence-corrected chi connectivity index (χ4v) is 5.27. The lowest BCUT2D eigenvalue weighted by Crippen LogP contribution is -2.64. The van der Waals surface area contributed by atoms with Crippen LogP contribution in [0.15, 0.2) is 0 Å². The second-order valence-corrected chi connectivity index (χ2v) is 12.4. The summed E-state index contributed by atoms with van der Waals surface area (Å²) >= 11 is 0. The van der Waals surface area contributed by atoms with Crippen LogP contribution in [0, 0.1) is 11.8 Å². The van der Waals surface area contributed by atoms with E-state index in [1.807, 2.05) is 46.4 Å². The van der Waals surface area contributed by atoms with Crippen LogP contribution >= 0.6 is 0 Å².